The minimum Gasteiger partial charge on any atom is -0.354 e. The molecule has 3 heterocycles. The van der Waals surface area contributed by atoms with E-state index in [1.807, 2.05) is 42.5 Å². The van der Waals surface area contributed by atoms with Gasteiger partial charge in [0.1, 0.15) is 5.82 Å². The standard InChI is InChI=1S/C23H32N6O3S/c1-26-10-12-27(13-11-26)22-21(8-5-9-24-22)18-25-23(30)28-14-16-29(17-15-28)33(31,32)19-20-6-3-2-4-7-20/h2-9H,10-19H2,1H3,(H,25,30). The average Bonchev–Trinajstić information content (AvgIpc) is 2.84. The Bertz CT molecular complexity index is 1030. The highest BCUT2D eigenvalue weighted by Gasteiger charge is 2.29. The lowest BCUT2D eigenvalue weighted by Gasteiger charge is -2.35. The average molecular weight is 473 g/mol. The van der Waals surface area contributed by atoms with Crippen molar-refractivity contribution in [3.63, 3.8) is 0 Å². The van der Waals surface area contributed by atoms with E-state index < -0.39 is 10.0 Å². The van der Waals surface area contributed by atoms with Gasteiger partial charge >= 0.3 is 6.03 Å². The van der Waals surface area contributed by atoms with Crippen LogP contribution in [-0.2, 0) is 22.3 Å². The molecule has 0 radical (unpaired) electrons. The molecule has 2 aromatic rings. The molecule has 9 nitrogen and oxygen atoms in total. The summed E-state index contributed by atoms with van der Waals surface area (Å²) < 4.78 is 27.0. The molecule has 1 N–H and O–H groups in total. The maximum absolute atomic E-state index is 12.8. The molecule has 0 unspecified atom stereocenters. The minimum absolute atomic E-state index is 0.0177. The zero-order chi connectivity index (χ0) is 23.3. The Morgan fingerprint density at radius 3 is 2.33 bits per heavy atom. The van der Waals surface area contributed by atoms with E-state index in [0.717, 1.165) is 43.1 Å². The Balaban J connectivity index is 1.29. The monoisotopic (exact) mass is 472 g/mol. The lowest BCUT2D eigenvalue weighted by molar-refractivity contribution is 0.172. The van der Waals surface area contributed by atoms with Crippen molar-refractivity contribution in [3.05, 3.63) is 59.8 Å². The topological polar surface area (TPSA) is 89.1 Å². The van der Waals surface area contributed by atoms with Crippen LogP contribution in [0.3, 0.4) is 0 Å². The Hall–Kier alpha value is -2.69. The zero-order valence-corrected chi connectivity index (χ0v) is 19.9. The van der Waals surface area contributed by atoms with E-state index in [1.165, 1.54) is 4.31 Å². The molecule has 1 aromatic heterocycles. The Morgan fingerprint density at radius 1 is 0.939 bits per heavy atom. The number of urea groups is 1. The number of nitrogens with one attached hydrogen (secondary N) is 1. The maximum Gasteiger partial charge on any atom is 0.317 e. The number of likely N-dealkylation sites (N-methyl/N-ethyl adjacent to an activating group) is 1. The van der Waals surface area contributed by atoms with Gasteiger partial charge in [0.15, 0.2) is 0 Å². The van der Waals surface area contributed by atoms with E-state index in [0.29, 0.717) is 32.7 Å². The SMILES string of the molecule is CN1CCN(c2ncccc2CNC(=O)N2CCN(S(=O)(=O)Cc3ccccc3)CC2)CC1. The Morgan fingerprint density at radius 2 is 1.64 bits per heavy atom. The van der Waals surface area contributed by atoms with E-state index in [4.69, 9.17) is 0 Å². The van der Waals surface area contributed by atoms with Gasteiger partial charge in [-0.25, -0.2) is 18.2 Å². The molecule has 33 heavy (non-hydrogen) atoms. The van der Waals surface area contributed by atoms with Gasteiger partial charge in [-0.3, -0.25) is 0 Å². The molecule has 2 saturated heterocycles. The first-order valence-electron chi connectivity index (χ1n) is 11.3. The number of aromatic nitrogens is 1. The summed E-state index contributed by atoms with van der Waals surface area (Å²) in [6, 6.07) is 12.9. The van der Waals surface area contributed by atoms with Crippen molar-refractivity contribution in [2.75, 3.05) is 64.3 Å². The fourth-order valence-electron chi connectivity index (χ4n) is 4.20. The maximum atomic E-state index is 12.8. The third kappa shape index (κ3) is 6.01. The molecule has 2 aliphatic rings. The summed E-state index contributed by atoms with van der Waals surface area (Å²) >= 11 is 0. The quantitative estimate of drug-likeness (QED) is 0.680. The molecule has 4 rings (SSSR count). The first-order chi connectivity index (χ1) is 15.9. The lowest BCUT2D eigenvalue weighted by Crippen LogP contribution is -2.53. The van der Waals surface area contributed by atoms with Gasteiger partial charge in [-0.15, -0.1) is 0 Å². The molecule has 1 aromatic carbocycles. The summed E-state index contributed by atoms with van der Waals surface area (Å²) in [5, 5.41) is 2.99. The van der Waals surface area contributed by atoms with Crippen molar-refractivity contribution in [1.29, 1.82) is 0 Å². The number of carbonyl (C=O) groups excluding carboxylic acids is 1. The van der Waals surface area contributed by atoms with Crippen LogP contribution in [0.1, 0.15) is 11.1 Å². The molecule has 0 atom stereocenters. The van der Waals surface area contributed by atoms with Crippen molar-refractivity contribution in [2.45, 2.75) is 12.3 Å². The smallest absolute Gasteiger partial charge is 0.317 e. The number of benzene rings is 1. The Labute approximate surface area is 196 Å². The second kappa shape index (κ2) is 10.5. The normalized spacial score (nSPS) is 18.3. The van der Waals surface area contributed by atoms with E-state index in [1.54, 1.807) is 11.1 Å². The number of piperazine rings is 2. The van der Waals surface area contributed by atoms with Crippen LogP contribution >= 0.6 is 0 Å². The van der Waals surface area contributed by atoms with Gasteiger partial charge in [0.05, 0.1) is 5.75 Å². The number of amides is 2. The largest absolute Gasteiger partial charge is 0.354 e. The number of hydrogen-bond donors (Lipinski definition) is 1. The number of anilines is 1. The number of carbonyl (C=O) groups is 1. The molecule has 0 saturated carbocycles. The molecule has 10 heteroatoms. The number of sulfonamides is 1. The summed E-state index contributed by atoms with van der Waals surface area (Å²) in [5.74, 6) is 0.901. The summed E-state index contributed by atoms with van der Waals surface area (Å²) in [6.07, 6.45) is 1.79. The van der Waals surface area contributed by atoms with Crippen LogP contribution in [-0.4, -0.2) is 92.9 Å². The minimum atomic E-state index is -3.41. The van der Waals surface area contributed by atoms with Gasteiger partial charge in [-0.05, 0) is 18.7 Å². The predicted octanol–water partition coefficient (Wildman–Crippen LogP) is 1.19. The van der Waals surface area contributed by atoms with E-state index in [-0.39, 0.29) is 11.8 Å². The van der Waals surface area contributed by atoms with Crippen molar-refractivity contribution < 1.29 is 13.2 Å². The molecular weight excluding hydrogens is 440 g/mol. The van der Waals surface area contributed by atoms with E-state index in [9.17, 15) is 13.2 Å². The molecule has 2 aliphatic heterocycles. The third-order valence-corrected chi connectivity index (χ3v) is 8.06. The summed E-state index contributed by atoms with van der Waals surface area (Å²) in [4.78, 5) is 23.5. The van der Waals surface area contributed by atoms with Gasteiger partial charge in [0, 0.05) is 70.7 Å². The second-order valence-corrected chi connectivity index (χ2v) is 10.5. The fraction of sp³-hybridized carbons (Fsp3) is 0.478. The summed E-state index contributed by atoms with van der Waals surface area (Å²) in [5.41, 5.74) is 1.75. The van der Waals surface area contributed by atoms with Crippen LogP contribution in [0.5, 0.6) is 0 Å². The Kier molecular flexibility index (Phi) is 7.46. The first-order valence-corrected chi connectivity index (χ1v) is 13.0. The van der Waals surface area contributed by atoms with Crippen molar-refractivity contribution in [1.82, 2.24) is 24.4 Å². The highest BCUT2D eigenvalue weighted by molar-refractivity contribution is 7.88. The zero-order valence-electron chi connectivity index (χ0n) is 19.1. The number of hydrogen-bond acceptors (Lipinski definition) is 6. The lowest BCUT2D eigenvalue weighted by atomic mass is 10.2. The molecule has 178 valence electrons. The van der Waals surface area contributed by atoms with Gasteiger partial charge < -0.3 is 20.0 Å². The first kappa shape index (κ1) is 23.5. The molecule has 0 spiro atoms. The summed E-state index contributed by atoms with van der Waals surface area (Å²) in [6.45, 7) is 5.54. The van der Waals surface area contributed by atoms with Crippen molar-refractivity contribution in [3.8, 4) is 0 Å². The van der Waals surface area contributed by atoms with Gasteiger partial charge in [-0.1, -0.05) is 36.4 Å². The molecule has 0 aliphatic carbocycles. The summed E-state index contributed by atoms with van der Waals surface area (Å²) in [7, 11) is -1.29. The van der Waals surface area contributed by atoms with Gasteiger partial charge in [0.25, 0.3) is 0 Å². The van der Waals surface area contributed by atoms with Crippen LogP contribution in [0.15, 0.2) is 48.7 Å². The van der Waals surface area contributed by atoms with Crippen molar-refractivity contribution >= 4 is 21.9 Å². The van der Waals surface area contributed by atoms with Crippen LogP contribution in [0.2, 0.25) is 0 Å². The van der Waals surface area contributed by atoms with Crippen LogP contribution in [0.25, 0.3) is 0 Å². The highest BCUT2D eigenvalue weighted by atomic mass is 32.2. The molecule has 0 bridgehead atoms. The van der Waals surface area contributed by atoms with Gasteiger partial charge in [0.2, 0.25) is 10.0 Å². The van der Waals surface area contributed by atoms with E-state index >= 15 is 0 Å². The van der Waals surface area contributed by atoms with Crippen molar-refractivity contribution in [2.24, 2.45) is 0 Å². The fourth-order valence-corrected chi connectivity index (χ4v) is 5.72. The van der Waals surface area contributed by atoms with Crippen LogP contribution < -0.4 is 10.2 Å². The molecule has 2 fully saturated rings. The predicted molar refractivity (Wildman–Crippen MR) is 128 cm³/mol. The number of nitrogens with zero attached hydrogens (tertiary/aromatic N) is 5. The van der Waals surface area contributed by atoms with Crippen LogP contribution in [0, 0.1) is 0 Å². The van der Waals surface area contributed by atoms with E-state index in [2.05, 4.69) is 27.1 Å². The molecule has 2 amide bonds. The van der Waals surface area contributed by atoms with Gasteiger partial charge in [-0.2, -0.15) is 4.31 Å². The third-order valence-electron chi connectivity index (χ3n) is 6.21. The number of pyridine rings is 1. The highest BCUT2D eigenvalue weighted by Crippen LogP contribution is 2.19. The second-order valence-electron chi connectivity index (χ2n) is 8.56. The van der Waals surface area contributed by atoms with Crippen LogP contribution in [0.4, 0.5) is 10.6 Å². The number of rotatable bonds is 6. The molecular formula is C23H32N6O3S.